The third-order valence-electron chi connectivity index (χ3n) is 4.39. The smallest absolute Gasteiger partial charge is 0.377 e. The number of hydrogen-bond acceptors (Lipinski definition) is 7. The highest BCUT2D eigenvalue weighted by Gasteiger charge is 2.38. The fourth-order valence-electron chi connectivity index (χ4n) is 2.77. The first-order valence-corrected chi connectivity index (χ1v) is 13.0. The summed E-state index contributed by atoms with van der Waals surface area (Å²) in [5, 5.41) is 0. The first-order valence-electron chi connectivity index (χ1n) is 8.60. The van der Waals surface area contributed by atoms with E-state index >= 15 is 0 Å². The van der Waals surface area contributed by atoms with Gasteiger partial charge in [-0.25, -0.2) is 0 Å². The minimum atomic E-state index is -2.50. The molecule has 0 spiro atoms. The molecule has 0 aliphatic carbocycles. The molecular formula is C15H36ClNO6Si2. The van der Waals surface area contributed by atoms with E-state index in [0.29, 0.717) is 5.88 Å². The maximum Gasteiger partial charge on any atom is 0.500 e. The summed E-state index contributed by atoms with van der Waals surface area (Å²) in [6.07, 6.45) is 2.86. The minimum absolute atomic E-state index is 0.663. The molecule has 0 amide bonds. The fraction of sp³-hybridized carbons (Fsp3) is 1.00. The zero-order valence-corrected chi connectivity index (χ0v) is 19.4. The van der Waals surface area contributed by atoms with Crippen molar-refractivity contribution in [2.75, 3.05) is 68.2 Å². The Bertz CT molecular complexity index is 280. The maximum absolute atomic E-state index is 5.86. The van der Waals surface area contributed by atoms with Crippen LogP contribution in [0.15, 0.2) is 0 Å². The lowest BCUT2D eigenvalue weighted by molar-refractivity contribution is 0.119. The third kappa shape index (κ3) is 9.27. The average molecular weight is 418 g/mol. The van der Waals surface area contributed by atoms with Crippen LogP contribution in [0.2, 0.25) is 12.1 Å². The molecule has 0 fully saturated rings. The molecule has 0 unspecified atom stereocenters. The summed E-state index contributed by atoms with van der Waals surface area (Å²) in [6.45, 7) is 2.86. The third-order valence-corrected chi connectivity index (χ3v) is 10.3. The van der Waals surface area contributed by atoms with Gasteiger partial charge in [0.15, 0.2) is 0 Å². The van der Waals surface area contributed by atoms with Gasteiger partial charge in [0.25, 0.3) is 0 Å². The van der Waals surface area contributed by atoms with Gasteiger partial charge < -0.3 is 31.5 Å². The van der Waals surface area contributed by atoms with E-state index in [1.165, 1.54) is 0 Å². The van der Waals surface area contributed by atoms with Crippen molar-refractivity contribution >= 4 is 29.2 Å². The second kappa shape index (κ2) is 14.5. The van der Waals surface area contributed by atoms with Crippen LogP contribution >= 0.6 is 11.6 Å². The predicted octanol–water partition coefficient (Wildman–Crippen LogP) is 2.45. The molecule has 0 aromatic heterocycles. The summed E-state index contributed by atoms with van der Waals surface area (Å²) in [7, 11) is 4.89. The second-order valence-electron chi connectivity index (χ2n) is 5.68. The average Bonchev–Trinajstić information content (AvgIpc) is 2.67. The zero-order chi connectivity index (χ0) is 19.2. The van der Waals surface area contributed by atoms with Crippen LogP contribution in [0.4, 0.5) is 0 Å². The molecule has 0 aliphatic heterocycles. The molecule has 0 N–H and O–H groups in total. The Balaban J connectivity index is 4.45. The van der Waals surface area contributed by atoms with Gasteiger partial charge in [-0.1, -0.05) is 0 Å². The highest BCUT2D eigenvalue weighted by molar-refractivity contribution is 6.60. The van der Waals surface area contributed by atoms with Crippen LogP contribution in [0.1, 0.15) is 19.3 Å². The van der Waals surface area contributed by atoms with E-state index in [-0.39, 0.29) is 0 Å². The summed E-state index contributed by atoms with van der Waals surface area (Å²) < 4.78 is 32.9. The molecular weight excluding hydrogens is 382 g/mol. The van der Waals surface area contributed by atoms with E-state index in [1.807, 2.05) is 0 Å². The van der Waals surface area contributed by atoms with Gasteiger partial charge in [0, 0.05) is 60.6 Å². The van der Waals surface area contributed by atoms with Crippen LogP contribution in [-0.4, -0.2) is 90.7 Å². The quantitative estimate of drug-likeness (QED) is 0.266. The van der Waals surface area contributed by atoms with Crippen molar-refractivity contribution in [2.45, 2.75) is 31.4 Å². The highest BCUT2D eigenvalue weighted by atomic mass is 35.5. The van der Waals surface area contributed by atoms with E-state index in [1.54, 1.807) is 42.7 Å². The Kier molecular flexibility index (Phi) is 14.8. The van der Waals surface area contributed by atoms with Crippen LogP contribution in [0.25, 0.3) is 0 Å². The Morgan fingerprint density at radius 1 is 0.600 bits per heavy atom. The predicted molar refractivity (Wildman–Crippen MR) is 104 cm³/mol. The Morgan fingerprint density at radius 2 is 0.920 bits per heavy atom. The normalized spacial score (nSPS) is 13.0. The van der Waals surface area contributed by atoms with Crippen LogP contribution in [-0.2, 0) is 26.6 Å². The van der Waals surface area contributed by atoms with Crippen LogP contribution in [0.3, 0.4) is 0 Å². The molecule has 25 heavy (non-hydrogen) atoms. The van der Waals surface area contributed by atoms with Gasteiger partial charge in [-0.3, -0.25) is 0 Å². The summed E-state index contributed by atoms with van der Waals surface area (Å²) in [6, 6.07) is 1.58. The molecule has 152 valence electrons. The summed E-state index contributed by atoms with van der Waals surface area (Å²) in [4.78, 5) is 2.41. The van der Waals surface area contributed by atoms with Gasteiger partial charge >= 0.3 is 17.6 Å². The van der Waals surface area contributed by atoms with Crippen LogP contribution in [0.5, 0.6) is 0 Å². The van der Waals surface area contributed by atoms with Gasteiger partial charge in [-0.2, -0.15) is 0 Å². The number of rotatable bonds is 17. The van der Waals surface area contributed by atoms with E-state index in [4.69, 9.17) is 38.2 Å². The van der Waals surface area contributed by atoms with Gasteiger partial charge in [0.1, 0.15) is 0 Å². The van der Waals surface area contributed by atoms with Crippen molar-refractivity contribution in [3.05, 3.63) is 0 Å². The first-order chi connectivity index (χ1) is 12.0. The van der Waals surface area contributed by atoms with Gasteiger partial charge in [-0.15, -0.1) is 11.6 Å². The van der Waals surface area contributed by atoms with Gasteiger partial charge in [0.2, 0.25) is 0 Å². The summed E-state index contributed by atoms with van der Waals surface area (Å²) >= 11 is 5.86. The number of hydrogen-bond donors (Lipinski definition) is 0. The van der Waals surface area contributed by atoms with E-state index in [2.05, 4.69) is 4.90 Å². The zero-order valence-electron chi connectivity index (χ0n) is 16.6. The topological polar surface area (TPSA) is 58.6 Å². The lowest BCUT2D eigenvalue weighted by atomic mass is 10.3. The molecule has 0 aromatic carbocycles. The number of halogens is 1. The molecule has 0 aliphatic rings. The standard InChI is InChI=1S/C15H36ClNO6Si2/c1-18-24(19-2,20-3)14-8-12-17(11-7-10-16)13-9-15-25(21-4,22-5)23-6/h7-15H2,1-6H3. The second-order valence-corrected chi connectivity index (χ2v) is 12.2. The molecule has 0 atom stereocenters. The SMILES string of the molecule is CO[Si](CCCN(CCCCl)CCC[Si](OC)(OC)OC)(OC)OC. The Labute approximate surface area is 160 Å². The lowest BCUT2D eigenvalue weighted by Gasteiger charge is -2.28. The van der Waals surface area contributed by atoms with Crippen LogP contribution < -0.4 is 0 Å². The molecule has 0 rings (SSSR count). The van der Waals surface area contributed by atoms with E-state index < -0.39 is 17.6 Å². The Morgan fingerprint density at radius 3 is 1.20 bits per heavy atom. The largest absolute Gasteiger partial charge is 0.500 e. The molecule has 0 aromatic rings. The lowest BCUT2D eigenvalue weighted by Crippen LogP contribution is -2.44. The van der Waals surface area contributed by atoms with Crippen molar-refractivity contribution in [3.8, 4) is 0 Å². The maximum atomic E-state index is 5.86. The fourth-order valence-corrected chi connectivity index (χ4v) is 6.30. The molecule has 0 saturated carbocycles. The molecule has 0 radical (unpaired) electrons. The van der Waals surface area contributed by atoms with Crippen molar-refractivity contribution in [2.24, 2.45) is 0 Å². The molecule has 0 bridgehead atoms. The van der Waals surface area contributed by atoms with Crippen molar-refractivity contribution in [1.82, 2.24) is 4.90 Å². The minimum Gasteiger partial charge on any atom is -0.377 e. The Hall–Kier alpha value is 0.444. The first kappa shape index (κ1) is 25.4. The highest BCUT2D eigenvalue weighted by Crippen LogP contribution is 2.18. The van der Waals surface area contributed by atoms with Crippen molar-refractivity contribution in [1.29, 1.82) is 0 Å². The monoisotopic (exact) mass is 417 g/mol. The summed E-state index contributed by atoms with van der Waals surface area (Å²) in [5.74, 6) is 0.663. The molecule has 7 nitrogen and oxygen atoms in total. The molecule has 0 heterocycles. The summed E-state index contributed by atoms with van der Waals surface area (Å²) in [5.41, 5.74) is 0. The molecule has 10 heteroatoms. The van der Waals surface area contributed by atoms with Crippen LogP contribution in [0, 0.1) is 0 Å². The van der Waals surface area contributed by atoms with Gasteiger partial charge in [0.05, 0.1) is 0 Å². The number of alkyl halides is 1. The van der Waals surface area contributed by atoms with Crippen molar-refractivity contribution in [3.63, 3.8) is 0 Å². The van der Waals surface area contributed by atoms with E-state index in [0.717, 1.165) is 51.0 Å². The van der Waals surface area contributed by atoms with Crippen molar-refractivity contribution < 1.29 is 26.6 Å². The van der Waals surface area contributed by atoms with Gasteiger partial charge in [-0.05, 0) is 38.9 Å². The molecule has 0 saturated heterocycles. The number of nitrogens with zero attached hydrogens (tertiary/aromatic N) is 1. The van der Waals surface area contributed by atoms with E-state index in [9.17, 15) is 0 Å².